The molecule has 1 fully saturated rings. The SMILES string of the molecule is O=C(c1cccc(O)c1)c1cnn([C@H]2CCCN2)n1. The van der Waals surface area contributed by atoms with Gasteiger partial charge in [0.15, 0.2) is 5.69 Å². The van der Waals surface area contributed by atoms with Crippen LogP contribution in [0.4, 0.5) is 0 Å². The topological polar surface area (TPSA) is 80.0 Å². The minimum Gasteiger partial charge on any atom is -0.508 e. The van der Waals surface area contributed by atoms with Gasteiger partial charge in [-0.1, -0.05) is 12.1 Å². The molecule has 0 aliphatic carbocycles. The number of aromatic nitrogens is 3. The Hall–Kier alpha value is -2.21. The number of ketones is 1. The zero-order valence-corrected chi connectivity index (χ0v) is 10.3. The first kappa shape index (κ1) is 11.9. The summed E-state index contributed by atoms with van der Waals surface area (Å²) >= 11 is 0. The Bertz CT molecular complexity index is 602. The number of nitrogens with one attached hydrogen (secondary N) is 1. The largest absolute Gasteiger partial charge is 0.508 e. The molecule has 2 N–H and O–H groups in total. The van der Waals surface area contributed by atoms with Crippen LogP contribution >= 0.6 is 0 Å². The number of carbonyl (C=O) groups is 1. The van der Waals surface area contributed by atoms with Crippen molar-refractivity contribution in [1.82, 2.24) is 20.3 Å². The van der Waals surface area contributed by atoms with Gasteiger partial charge in [0.1, 0.15) is 11.9 Å². The van der Waals surface area contributed by atoms with E-state index < -0.39 is 0 Å². The number of phenols is 1. The van der Waals surface area contributed by atoms with Gasteiger partial charge in [-0.15, -0.1) is 5.10 Å². The number of phenolic OH excluding ortho intramolecular Hbond substituents is 1. The molecule has 0 bridgehead atoms. The van der Waals surface area contributed by atoms with Crippen molar-refractivity contribution in [1.29, 1.82) is 0 Å². The van der Waals surface area contributed by atoms with Crippen LogP contribution in [-0.4, -0.2) is 32.4 Å². The molecule has 1 saturated heterocycles. The smallest absolute Gasteiger partial charge is 0.215 e. The Balaban J connectivity index is 1.84. The highest BCUT2D eigenvalue weighted by Gasteiger charge is 2.20. The van der Waals surface area contributed by atoms with Crippen LogP contribution in [0, 0.1) is 0 Å². The third-order valence-corrected chi connectivity index (χ3v) is 3.16. The van der Waals surface area contributed by atoms with Crippen molar-refractivity contribution in [2.45, 2.75) is 19.0 Å². The second-order valence-corrected chi connectivity index (χ2v) is 4.54. The summed E-state index contributed by atoms with van der Waals surface area (Å²) in [5, 5.41) is 21.0. The van der Waals surface area contributed by atoms with E-state index in [1.54, 1.807) is 16.9 Å². The van der Waals surface area contributed by atoms with Crippen LogP contribution in [0.5, 0.6) is 5.75 Å². The summed E-state index contributed by atoms with van der Waals surface area (Å²) in [6.45, 7) is 0.946. The number of aromatic hydroxyl groups is 1. The summed E-state index contributed by atoms with van der Waals surface area (Å²) < 4.78 is 0. The van der Waals surface area contributed by atoms with E-state index in [1.165, 1.54) is 18.3 Å². The van der Waals surface area contributed by atoms with Crippen LogP contribution in [0.25, 0.3) is 0 Å². The zero-order chi connectivity index (χ0) is 13.2. The van der Waals surface area contributed by atoms with E-state index in [0.29, 0.717) is 11.3 Å². The Morgan fingerprint density at radius 3 is 3.11 bits per heavy atom. The van der Waals surface area contributed by atoms with Crippen LogP contribution in [-0.2, 0) is 0 Å². The molecule has 0 saturated carbocycles. The van der Waals surface area contributed by atoms with Gasteiger partial charge in [-0.2, -0.15) is 9.90 Å². The van der Waals surface area contributed by atoms with Crippen LogP contribution in [0.15, 0.2) is 30.5 Å². The molecule has 3 rings (SSSR count). The van der Waals surface area contributed by atoms with Crippen molar-refractivity contribution >= 4 is 5.78 Å². The minimum absolute atomic E-state index is 0.0655. The van der Waals surface area contributed by atoms with E-state index >= 15 is 0 Å². The van der Waals surface area contributed by atoms with E-state index in [-0.39, 0.29) is 17.7 Å². The Morgan fingerprint density at radius 2 is 2.37 bits per heavy atom. The number of hydrogen-bond acceptors (Lipinski definition) is 5. The maximum Gasteiger partial charge on any atom is 0.215 e. The first-order valence-electron chi connectivity index (χ1n) is 6.23. The lowest BCUT2D eigenvalue weighted by molar-refractivity contribution is 0.103. The monoisotopic (exact) mass is 258 g/mol. The van der Waals surface area contributed by atoms with Gasteiger partial charge in [-0.3, -0.25) is 10.1 Å². The standard InChI is InChI=1S/C13H14N4O2/c18-10-4-1-3-9(7-10)13(19)11-8-15-17(16-11)12-5-2-6-14-12/h1,3-4,7-8,12,14,18H,2,5-6H2/t12-/m0/s1. The normalized spacial score (nSPS) is 18.6. The molecule has 1 aromatic heterocycles. The van der Waals surface area contributed by atoms with Gasteiger partial charge < -0.3 is 5.11 Å². The first-order valence-corrected chi connectivity index (χ1v) is 6.23. The number of benzene rings is 1. The van der Waals surface area contributed by atoms with E-state index in [9.17, 15) is 9.90 Å². The Morgan fingerprint density at radius 1 is 1.47 bits per heavy atom. The summed E-state index contributed by atoms with van der Waals surface area (Å²) in [7, 11) is 0. The van der Waals surface area contributed by atoms with Gasteiger partial charge in [0.05, 0.1) is 6.20 Å². The molecule has 0 radical (unpaired) electrons. The average Bonchev–Trinajstić information content (AvgIpc) is 3.08. The average molecular weight is 258 g/mol. The third-order valence-electron chi connectivity index (χ3n) is 3.16. The Labute approximate surface area is 110 Å². The lowest BCUT2D eigenvalue weighted by Crippen LogP contribution is -2.22. The van der Waals surface area contributed by atoms with Crippen molar-refractivity contribution < 1.29 is 9.90 Å². The fourth-order valence-electron chi connectivity index (χ4n) is 2.19. The third kappa shape index (κ3) is 2.34. The quantitative estimate of drug-likeness (QED) is 0.806. The molecule has 0 amide bonds. The van der Waals surface area contributed by atoms with Crippen LogP contribution in [0.1, 0.15) is 35.1 Å². The van der Waals surface area contributed by atoms with Gasteiger partial charge in [-0.25, -0.2) is 0 Å². The highest BCUT2D eigenvalue weighted by molar-refractivity contribution is 6.07. The van der Waals surface area contributed by atoms with E-state index in [0.717, 1.165) is 19.4 Å². The summed E-state index contributed by atoms with van der Waals surface area (Å²) in [5.41, 5.74) is 0.700. The Kier molecular flexibility index (Phi) is 3.00. The van der Waals surface area contributed by atoms with Crippen LogP contribution in [0.3, 0.4) is 0 Å². The highest BCUT2D eigenvalue weighted by Crippen LogP contribution is 2.16. The molecule has 0 unspecified atom stereocenters. The van der Waals surface area contributed by atoms with Gasteiger partial charge in [-0.05, 0) is 31.5 Å². The summed E-state index contributed by atoms with van der Waals surface area (Å²) in [5.74, 6) is -0.171. The van der Waals surface area contributed by atoms with Crippen molar-refractivity contribution in [3.05, 3.63) is 41.7 Å². The molecule has 2 heterocycles. The molecule has 98 valence electrons. The van der Waals surface area contributed by atoms with Crippen LogP contribution < -0.4 is 5.32 Å². The molecule has 19 heavy (non-hydrogen) atoms. The predicted molar refractivity (Wildman–Crippen MR) is 67.8 cm³/mol. The zero-order valence-electron chi connectivity index (χ0n) is 10.3. The lowest BCUT2D eigenvalue weighted by atomic mass is 10.1. The highest BCUT2D eigenvalue weighted by atomic mass is 16.3. The molecule has 1 aromatic carbocycles. The van der Waals surface area contributed by atoms with Gasteiger partial charge in [0, 0.05) is 5.56 Å². The molecule has 2 aromatic rings. The fourth-order valence-corrected chi connectivity index (χ4v) is 2.19. The maximum atomic E-state index is 12.2. The molecule has 0 spiro atoms. The van der Waals surface area contributed by atoms with Crippen LogP contribution in [0.2, 0.25) is 0 Å². The first-order chi connectivity index (χ1) is 9.24. The number of carbonyl (C=O) groups excluding carboxylic acids is 1. The van der Waals surface area contributed by atoms with Gasteiger partial charge in [0.25, 0.3) is 0 Å². The summed E-state index contributed by atoms with van der Waals surface area (Å²) in [6.07, 6.45) is 3.59. The minimum atomic E-state index is -0.236. The molecule has 6 heteroatoms. The van der Waals surface area contributed by atoms with Crippen molar-refractivity contribution in [3.8, 4) is 5.75 Å². The van der Waals surface area contributed by atoms with Crippen molar-refractivity contribution in [2.24, 2.45) is 0 Å². The summed E-state index contributed by atoms with van der Waals surface area (Å²) in [4.78, 5) is 13.7. The fraction of sp³-hybridized carbons (Fsp3) is 0.308. The van der Waals surface area contributed by atoms with E-state index in [2.05, 4.69) is 15.5 Å². The predicted octanol–water partition coefficient (Wildman–Crippen LogP) is 1.10. The maximum absolute atomic E-state index is 12.2. The summed E-state index contributed by atoms with van der Waals surface area (Å²) in [6, 6.07) is 6.23. The molecule has 1 aliphatic rings. The molecule has 1 aliphatic heterocycles. The molecule has 1 atom stereocenters. The molecular weight excluding hydrogens is 244 g/mol. The van der Waals surface area contributed by atoms with E-state index in [4.69, 9.17) is 0 Å². The molecule has 6 nitrogen and oxygen atoms in total. The van der Waals surface area contributed by atoms with Crippen molar-refractivity contribution in [3.63, 3.8) is 0 Å². The second-order valence-electron chi connectivity index (χ2n) is 4.54. The van der Waals surface area contributed by atoms with Gasteiger partial charge >= 0.3 is 0 Å². The molecular formula is C13H14N4O2. The lowest BCUT2D eigenvalue weighted by Gasteiger charge is -2.07. The number of nitrogens with zero attached hydrogens (tertiary/aromatic N) is 3. The van der Waals surface area contributed by atoms with E-state index in [1.807, 2.05) is 0 Å². The second kappa shape index (κ2) is 4.81. The van der Waals surface area contributed by atoms with Crippen molar-refractivity contribution in [2.75, 3.05) is 6.54 Å². The number of rotatable bonds is 3. The number of hydrogen-bond donors (Lipinski definition) is 2. The van der Waals surface area contributed by atoms with Gasteiger partial charge in [0.2, 0.25) is 5.78 Å².